The first-order valence-corrected chi connectivity index (χ1v) is 5.77. The van der Waals surface area contributed by atoms with Crippen molar-refractivity contribution in [1.82, 2.24) is 0 Å². The summed E-state index contributed by atoms with van der Waals surface area (Å²) < 4.78 is 5.90. The van der Waals surface area contributed by atoms with Gasteiger partial charge in [-0.05, 0) is 31.7 Å². The van der Waals surface area contributed by atoms with E-state index in [1.54, 1.807) is 0 Å². The van der Waals surface area contributed by atoms with Crippen molar-refractivity contribution in [2.24, 2.45) is 5.92 Å². The van der Waals surface area contributed by atoms with E-state index in [0.717, 1.165) is 13.0 Å². The van der Waals surface area contributed by atoms with E-state index in [4.69, 9.17) is 4.74 Å². The van der Waals surface area contributed by atoms with E-state index in [-0.39, 0.29) is 5.60 Å². The summed E-state index contributed by atoms with van der Waals surface area (Å²) in [5.41, 5.74) is 1.48. The zero-order chi connectivity index (χ0) is 10.9. The zero-order valence-electron chi connectivity index (χ0n) is 9.86. The van der Waals surface area contributed by atoms with Crippen LogP contribution in [-0.4, -0.2) is 12.2 Å². The van der Waals surface area contributed by atoms with Gasteiger partial charge in [0, 0.05) is 5.92 Å². The first-order valence-electron chi connectivity index (χ1n) is 5.77. The van der Waals surface area contributed by atoms with Crippen LogP contribution in [0.4, 0.5) is 0 Å². The third-order valence-corrected chi connectivity index (χ3v) is 3.38. The van der Waals surface area contributed by atoms with Crippen LogP contribution in [0.3, 0.4) is 0 Å². The second-order valence-electron chi connectivity index (χ2n) is 5.27. The summed E-state index contributed by atoms with van der Waals surface area (Å²) >= 11 is 0. The molecule has 0 radical (unpaired) electrons. The fourth-order valence-corrected chi connectivity index (χ4v) is 2.58. The zero-order valence-corrected chi connectivity index (χ0v) is 9.86. The molecule has 15 heavy (non-hydrogen) atoms. The molecule has 0 bridgehead atoms. The van der Waals surface area contributed by atoms with Crippen molar-refractivity contribution < 1.29 is 4.74 Å². The van der Waals surface area contributed by atoms with Gasteiger partial charge in [-0.1, -0.05) is 37.3 Å². The Kier molecular flexibility index (Phi) is 2.83. The molecule has 0 spiro atoms. The van der Waals surface area contributed by atoms with Gasteiger partial charge in [0.15, 0.2) is 0 Å². The van der Waals surface area contributed by atoms with Crippen LogP contribution in [0.15, 0.2) is 30.3 Å². The lowest BCUT2D eigenvalue weighted by molar-refractivity contribution is -0.0806. The number of benzene rings is 1. The van der Waals surface area contributed by atoms with E-state index in [9.17, 15) is 0 Å². The van der Waals surface area contributed by atoms with Crippen LogP contribution in [-0.2, 0) is 4.74 Å². The highest BCUT2D eigenvalue weighted by atomic mass is 16.5. The summed E-state index contributed by atoms with van der Waals surface area (Å²) in [6, 6.07) is 10.7. The average Bonchev–Trinajstić information content (AvgIpc) is 2.17. The Bertz CT molecular complexity index is 315. The van der Waals surface area contributed by atoms with Crippen LogP contribution in [0.25, 0.3) is 0 Å². The van der Waals surface area contributed by atoms with Crippen molar-refractivity contribution in [3.63, 3.8) is 0 Å². The maximum Gasteiger partial charge on any atom is 0.0629 e. The summed E-state index contributed by atoms with van der Waals surface area (Å²) in [5, 5.41) is 0. The number of hydrogen-bond donors (Lipinski definition) is 0. The molecule has 2 unspecified atom stereocenters. The maximum atomic E-state index is 5.90. The highest BCUT2D eigenvalue weighted by molar-refractivity contribution is 5.21. The minimum absolute atomic E-state index is 0.0602. The average molecular weight is 204 g/mol. The first kappa shape index (κ1) is 10.7. The van der Waals surface area contributed by atoms with E-state index in [1.807, 2.05) is 0 Å². The molecule has 1 nitrogen and oxygen atoms in total. The van der Waals surface area contributed by atoms with Crippen LogP contribution < -0.4 is 0 Å². The van der Waals surface area contributed by atoms with Crippen molar-refractivity contribution in [1.29, 1.82) is 0 Å². The highest BCUT2D eigenvalue weighted by Gasteiger charge is 2.33. The molecule has 1 aliphatic heterocycles. The highest BCUT2D eigenvalue weighted by Crippen LogP contribution is 2.37. The van der Waals surface area contributed by atoms with Crippen molar-refractivity contribution in [2.45, 2.75) is 38.7 Å². The molecule has 1 aliphatic rings. The van der Waals surface area contributed by atoms with Gasteiger partial charge >= 0.3 is 0 Å². The fourth-order valence-electron chi connectivity index (χ4n) is 2.58. The summed E-state index contributed by atoms with van der Waals surface area (Å²) in [7, 11) is 0. The predicted molar refractivity (Wildman–Crippen MR) is 63.0 cm³/mol. The lowest BCUT2D eigenvalue weighted by atomic mass is 9.79. The predicted octanol–water partition coefficient (Wildman–Crippen LogP) is 3.61. The lowest BCUT2D eigenvalue weighted by Gasteiger charge is -2.39. The van der Waals surface area contributed by atoms with Crippen LogP contribution in [0.2, 0.25) is 0 Å². The third kappa shape index (κ3) is 2.40. The lowest BCUT2D eigenvalue weighted by Crippen LogP contribution is -2.37. The maximum absolute atomic E-state index is 5.90. The smallest absolute Gasteiger partial charge is 0.0629 e. The Balaban J connectivity index is 2.13. The minimum atomic E-state index is 0.0602. The SMILES string of the molecule is CC1CC(C)(C)OCC1c1ccccc1. The van der Waals surface area contributed by atoms with Gasteiger partial charge in [0.25, 0.3) is 0 Å². The molecule has 82 valence electrons. The minimum Gasteiger partial charge on any atom is -0.375 e. The number of hydrogen-bond acceptors (Lipinski definition) is 1. The van der Waals surface area contributed by atoms with Gasteiger partial charge in [-0.15, -0.1) is 0 Å². The van der Waals surface area contributed by atoms with Gasteiger partial charge in [0.1, 0.15) is 0 Å². The summed E-state index contributed by atoms with van der Waals surface area (Å²) in [6.07, 6.45) is 1.15. The molecule has 0 saturated carbocycles. The van der Waals surface area contributed by atoms with Crippen molar-refractivity contribution in [3.05, 3.63) is 35.9 Å². The van der Waals surface area contributed by atoms with E-state index in [2.05, 4.69) is 51.1 Å². The molecular formula is C14H20O. The van der Waals surface area contributed by atoms with Gasteiger partial charge in [-0.3, -0.25) is 0 Å². The molecular weight excluding hydrogens is 184 g/mol. The molecule has 1 heterocycles. The summed E-state index contributed by atoms with van der Waals surface area (Å²) in [5.74, 6) is 1.27. The van der Waals surface area contributed by atoms with E-state index >= 15 is 0 Å². The van der Waals surface area contributed by atoms with E-state index in [0.29, 0.717) is 11.8 Å². The molecule has 1 aromatic carbocycles. The van der Waals surface area contributed by atoms with Gasteiger partial charge in [-0.2, -0.15) is 0 Å². The van der Waals surface area contributed by atoms with Gasteiger partial charge in [0.05, 0.1) is 12.2 Å². The Morgan fingerprint density at radius 1 is 1.20 bits per heavy atom. The summed E-state index contributed by atoms with van der Waals surface area (Å²) in [6.45, 7) is 7.57. The first-order chi connectivity index (χ1) is 7.08. The molecule has 1 saturated heterocycles. The Morgan fingerprint density at radius 2 is 1.87 bits per heavy atom. The van der Waals surface area contributed by atoms with Crippen LogP contribution in [0, 0.1) is 5.92 Å². The van der Waals surface area contributed by atoms with Crippen LogP contribution in [0.5, 0.6) is 0 Å². The van der Waals surface area contributed by atoms with Gasteiger partial charge in [0.2, 0.25) is 0 Å². The molecule has 1 aromatic rings. The van der Waals surface area contributed by atoms with E-state index < -0.39 is 0 Å². The molecule has 2 rings (SSSR count). The molecule has 0 N–H and O–H groups in total. The largest absolute Gasteiger partial charge is 0.375 e. The molecule has 0 amide bonds. The number of rotatable bonds is 1. The Morgan fingerprint density at radius 3 is 2.47 bits per heavy atom. The van der Waals surface area contributed by atoms with Crippen LogP contribution in [0.1, 0.15) is 38.7 Å². The molecule has 0 aliphatic carbocycles. The monoisotopic (exact) mass is 204 g/mol. The summed E-state index contributed by atoms with van der Waals surface area (Å²) in [4.78, 5) is 0. The van der Waals surface area contributed by atoms with Crippen molar-refractivity contribution in [2.75, 3.05) is 6.61 Å². The molecule has 0 aromatic heterocycles. The fraction of sp³-hybridized carbons (Fsp3) is 0.571. The second-order valence-corrected chi connectivity index (χ2v) is 5.27. The Hall–Kier alpha value is -0.820. The molecule has 1 heteroatoms. The second kappa shape index (κ2) is 3.97. The van der Waals surface area contributed by atoms with Gasteiger partial charge < -0.3 is 4.74 Å². The number of ether oxygens (including phenoxy) is 1. The Labute approximate surface area is 92.5 Å². The van der Waals surface area contributed by atoms with Crippen LogP contribution >= 0.6 is 0 Å². The standard InChI is InChI=1S/C14H20O/c1-11-9-14(2,3)15-10-13(11)12-7-5-4-6-8-12/h4-8,11,13H,9-10H2,1-3H3. The van der Waals surface area contributed by atoms with E-state index in [1.165, 1.54) is 5.56 Å². The topological polar surface area (TPSA) is 9.23 Å². The molecule has 1 fully saturated rings. The normalized spacial score (nSPS) is 30.1. The van der Waals surface area contributed by atoms with Crippen molar-refractivity contribution in [3.8, 4) is 0 Å². The molecule has 2 atom stereocenters. The quantitative estimate of drug-likeness (QED) is 0.679. The van der Waals surface area contributed by atoms with Crippen molar-refractivity contribution >= 4 is 0 Å². The third-order valence-electron chi connectivity index (χ3n) is 3.38. The van der Waals surface area contributed by atoms with Gasteiger partial charge in [-0.25, -0.2) is 0 Å².